The average Bonchev–Trinajstić information content (AvgIpc) is 2.86. The molecule has 0 aliphatic carbocycles. The standard InChI is InChI=1S/C15H14N4O/c1-2-8-19-9-7-13-14(19)17-10-18-15(13)20-12-5-3-11(16)4-6-12/h2-7,9-10H,1,8,16H2. The lowest BCUT2D eigenvalue weighted by Crippen LogP contribution is -1.96. The Morgan fingerprint density at radius 2 is 2.00 bits per heavy atom. The molecule has 0 aliphatic heterocycles. The van der Waals surface area contributed by atoms with Crippen molar-refractivity contribution in [3.05, 3.63) is 55.5 Å². The number of anilines is 1. The smallest absolute Gasteiger partial charge is 0.231 e. The van der Waals surface area contributed by atoms with E-state index in [1.54, 1.807) is 12.1 Å². The minimum Gasteiger partial charge on any atom is -0.438 e. The molecule has 0 unspecified atom stereocenters. The third-order valence-corrected chi connectivity index (χ3v) is 2.94. The van der Waals surface area contributed by atoms with Gasteiger partial charge in [-0.1, -0.05) is 6.08 Å². The fourth-order valence-corrected chi connectivity index (χ4v) is 2.00. The molecule has 100 valence electrons. The number of nitrogens with zero attached hydrogens (tertiary/aromatic N) is 3. The molecule has 1 aromatic carbocycles. The molecule has 5 nitrogen and oxygen atoms in total. The van der Waals surface area contributed by atoms with Crippen molar-refractivity contribution in [2.75, 3.05) is 5.73 Å². The molecule has 2 heterocycles. The van der Waals surface area contributed by atoms with Crippen LogP contribution < -0.4 is 10.5 Å². The Hall–Kier alpha value is -2.82. The molecule has 0 saturated carbocycles. The Labute approximate surface area is 116 Å². The Morgan fingerprint density at radius 1 is 1.20 bits per heavy atom. The summed E-state index contributed by atoms with van der Waals surface area (Å²) in [4.78, 5) is 8.47. The molecule has 3 rings (SSSR count). The first kappa shape index (κ1) is 12.2. The number of aromatic nitrogens is 3. The van der Waals surface area contributed by atoms with Crippen LogP contribution in [0.15, 0.2) is 55.5 Å². The number of hydrogen-bond acceptors (Lipinski definition) is 4. The maximum atomic E-state index is 5.79. The van der Waals surface area contributed by atoms with Gasteiger partial charge in [-0.15, -0.1) is 6.58 Å². The summed E-state index contributed by atoms with van der Waals surface area (Å²) >= 11 is 0. The Bertz CT molecular complexity index is 746. The number of benzene rings is 1. The van der Waals surface area contributed by atoms with Gasteiger partial charge in [0.1, 0.15) is 17.7 Å². The molecule has 2 N–H and O–H groups in total. The summed E-state index contributed by atoms with van der Waals surface area (Å²) in [5.74, 6) is 1.22. The largest absolute Gasteiger partial charge is 0.438 e. The van der Waals surface area contributed by atoms with Gasteiger partial charge in [0.2, 0.25) is 5.88 Å². The van der Waals surface area contributed by atoms with E-state index in [-0.39, 0.29) is 0 Å². The minimum absolute atomic E-state index is 0.530. The second-order valence-corrected chi connectivity index (χ2v) is 4.34. The van der Waals surface area contributed by atoms with E-state index >= 15 is 0 Å². The summed E-state index contributed by atoms with van der Waals surface area (Å²) in [7, 11) is 0. The molecule has 0 bridgehead atoms. The number of hydrogen-bond donors (Lipinski definition) is 1. The van der Waals surface area contributed by atoms with E-state index < -0.39 is 0 Å². The molecule has 0 radical (unpaired) electrons. The summed E-state index contributed by atoms with van der Waals surface area (Å²) in [5.41, 5.74) is 7.17. The lowest BCUT2D eigenvalue weighted by atomic mass is 10.3. The molecule has 0 spiro atoms. The van der Waals surface area contributed by atoms with Gasteiger partial charge >= 0.3 is 0 Å². The molecule has 5 heteroatoms. The average molecular weight is 266 g/mol. The van der Waals surface area contributed by atoms with Gasteiger partial charge in [0.15, 0.2) is 0 Å². The van der Waals surface area contributed by atoms with Crippen molar-refractivity contribution in [3.63, 3.8) is 0 Å². The second kappa shape index (κ2) is 5.05. The number of allylic oxidation sites excluding steroid dienone is 1. The fraction of sp³-hybridized carbons (Fsp3) is 0.0667. The van der Waals surface area contributed by atoms with Gasteiger partial charge in [-0.25, -0.2) is 9.97 Å². The van der Waals surface area contributed by atoms with Gasteiger partial charge < -0.3 is 15.0 Å². The van der Waals surface area contributed by atoms with Crippen LogP contribution in [0.1, 0.15) is 0 Å². The molecular formula is C15H14N4O. The number of fused-ring (bicyclic) bond motifs is 1. The molecule has 0 saturated heterocycles. The first-order valence-electron chi connectivity index (χ1n) is 6.22. The van der Waals surface area contributed by atoms with Crippen molar-refractivity contribution >= 4 is 16.7 Å². The van der Waals surface area contributed by atoms with Crippen LogP contribution in [0, 0.1) is 0 Å². The van der Waals surface area contributed by atoms with Crippen LogP contribution in [-0.4, -0.2) is 14.5 Å². The third kappa shape index (κ3) is 2.21. The fourth-order valence-electron chi connectivity index (χ4n) is 2.00. The van der Waals surface area contributed by atoms with Crippen molar-refractivity contribution in [3.8, 4) is 11.6 Å². The topological polar surface area (TPSA) is 66.0 Å². The minimum atomic E-state index is 0.530. The van der Waals surface area contributed by atoms with E-state index in [2.05, 4.69) is 16.5 Å². The number of nitrogens with two attached hydrogens (primary N) is 1. The first-order chi connectivity index (χ1) is 9.78. The number of ether oxygens (including phenoxy) is 1. The van der Waals surface area contributed by atoms with E-state index in [4.69, 9.17) is 10.5 Å². The van der Waals surface area contributed by atoms with Gasteiger partial charge in [-0.05, 0) is 30.3 Å². The zero-order valence-corrected chi connectivity index (χ0v) is 10.9. The zero-order chi connectivity index (χ0) is 13.9. The van der Waals surface area contributed by atoms with Crippen molar-refractivity contribution in [1.29, 1.82) is 0 Å². The van der Waals surface area contributed by atoms with E-state index in [0.717, 1.165) is 11.0 Å². The molecule has 20 heavy (non-hydrogen) atoms. The number of rotatable bonds is 4. The lowest BCUT2D eigenvalue weighted by Gasteiger charge is -2.06. The van der Waals surface area contributed by atoms with Crippen LogP contribution >= 0.6 is 0 Å². The first-order valence-corrected chi connectivity index (χ1v) is 6.22. The van der Waals surface area contributed by atoms with Crippen molar-refractivity contribution in [2.45, 2.75) is 6.54 Å². The van der Waals surface area contributed by atoms with Crippen molar-refractivity contribution in [1.82, 2.24) is 14.5 Å². The SMILES string of the molecule is C=CCn1ccc2c(Oc3ccc(N)cc3)ncnc21. The van der Waals surface area contributed by atoms with E-state index in [0.29, 0.717) is 23.9 Å². The summed E-state index contributed by atoms with van der Waals surface area (Å²) in [6.07, 6.45) is 5.26. The molecule has 3 aromatic rings. The summed E-state index contributed by atoms with van der Waals surface area (Å²) in [6, 6.07) is 9.13. The molecule has 0 amide bonds. The molecule has 0 fully saturated rings. The van der Waals surface area contributed by atoms with Crippen LogP contribution in [0.5, 0.6) is 11.6 Å². The van der Waals surface area contributed by atoms with Crippen LogP contribution in [0.2, 0.25) is 0 Å². The van der Waals surface area contributed by atoms with Crippen molar-refractivity contribution < 1.29 is 4.74 Å². The normalized spacial score (nSPS) is 10.6. The van der Waals surface area contributed by atoms with E-state index in [1.165, 1.54) is 6.33 Å². The Kier molecular flexibility index (Phi) is 3.09. The Balaban J connectivity index is 1.99. The van der Waals surface area contributed by atoms with Gasteiger partial charge in [0.25, 0.3) is 0 Å². The van der Waals surface area contributed by atoms with Gasteiger partial charge in [-0.2, -0.15) is 0 Å². The lowest BCUT2D eigenvalue weighted by molar-refractivity contribution is 0.468. The summed E-state index contributed by atoms with van der Waals surface area (Å²) < 4.78 is 7.78. The molecule has 0 aliphatic rings. The Morgan fingerprint density at radius 3 is 2.75 bits per heavy atom. The highest BCUT2D eigenvalue weighted by Crippen LogP contribution is 2.27. The number of nitrogen functional groups attached to an aromatic ring is 1. The van der Waals surface area contributed by atoms with Crippen LogP contribution in [0.3, 0.4) is 0 Å². The quantitative estimate of drug-likeness (QED) is 0.582. The predicted octanol–water partition coefficient (Wildman–Crippen LogP) is 2.99. The highest BCUT2D eigenvalue weighted by Gasteiger charge is 2.09. The van der Waals surface area contributed by atoms with Crippen LogP contribution in [0.25, 0.3) is 11.0 Å². The zero-order valence-electron chi connectivity index (χ0n) is 10.9. The maximum absolute atomic E-state index is 5.79. The van der Waals surface area contributed by atoms with Crippen LogP contribution in [-0.2, 0) is 6.54 Å². The maximum Gasteiger partial charge on any atom is 0.231 e. The van der Waals surface area contributed by atoms with Gasteiger partial charge in [0, 0.05) is 18.4 Å². The second-order valence-electron chi connectivity index (χ2n) is 4.34. The summed E-state index contributed by atoms with van der Waals surface area (Å²) in [6.45, 7) is 4.43. The highest BCUT2D eigenvalue weighted by molar-refractivity contribution is 5.81. The highest BCUT2D eigenvalue weighted by atomic mass is 16.5. The molecule has 2 aromatic heterocycles. The van der Waals surface area contributed by atoms with Gasteiger partial charge in [-0.3, -0.25) is 0 Å². The monoisotopic (exact) mass is 266 g/mol. The van der Waals surface area contributed by atoms with Crippen LogP contribution in [0.4, 0.5) is 5.69 Å². The van der Waals surface area contributed by atoms with E-state index in [1.807, 2.05) is 35.0 Å². The van der Waals surface area contributed by atoms with E-state index in [9.17, 15) is 0 Å². The van der Waals surface area contributed by atoms with Crippen molar-refractivity contribution in [2.24, 2.45) is 0 Å². The van der Waals surface area contributed by atoms with Gasteiger partial charge in [0.05, 0.1) is 5.39 Å². The molecular weight excluding hydrogens is 252 g/mol. The summed E-state index contributed by atoms with van der Waals surface area (Å²) in [5, 5.41) is 0.867. The third-order valence-electron chi connectivity index (χ3n) is 2.94. The molecule has 0 atom stereocenters. The predicted molar refractivity (Wildman–Crippen MR) is 78.7 cm³/mol.